The fourth-order valence-electron chi connectivity index (χ4n) is 3.59. The highest BCUT2D eigenvalue weighted by Gasteiger charge is 2.24. The van der Waals surface area contributed by atoms with Gasteiger partial charge >= 0.3 is 0 Å². The molecule has 2 aromatic carbocycles. The Morgan fingerprint density at radius 2 is 2.00 bits per heavy atom. The number of fused-ring (bicyclic) bond motifs is 1. The topological polar surface area (TPSA) is 103 Å². The molecule has 1 N–H and O–H groups in total. The summed E-state index contributed by atoms with van der Waals surface area (Å²) in [6.45, 7) is 2.37. The van der Waals surface area contributed by atoms with Crippen LogP contribution in [-0.2, 0) is 11.4 Å². The first kappa shape index (κ1) is 19.0. The third-order valence-corrected chi connectivity index (χ3v) is 5.26. The van der Waals surface area contributed by atoms with Gasteiger partial charge in [-0.1, -0.05) is 13.0 Å². The molecule has 0 aliphatic carbocycles. The van der Waals surface area contributed by atoms with Crippen LogP contribution in [0.5, 0.6) is 5.75 Å². The summed E-state index contributed by atoms with van der Waals surface area (Å²) in [6, 6.07) is 13.3. The largest absolute Gasteiger partial charge is 0.486 e. The molecule has 31 heavy (non-hydrogen) atoms. The average molecular weight is 416 g/mol. The van der Waals surface area contributed by atoms with Crippen molar-refractivity contribution in [3.05, 3.63) is 66.4 Å². The number of rotatable bonds is 6. The molecule has 1 aliphatic rings. The maximum Gasteiger partial charge on any atom is 0.240 e. The highest BCUT2D eigenvalue weighted by Crippen LogP contribution is 2.28. The zero-order chi connectivity index (χ0) is 21.2. The molecule has 156 valence electrons. The highest BCUT2D eigenvalue weighted by atomic mass is 16.5. The van der Waals surface area contributed by atoms with Gasteiger partial charge in [0.05, 0.1) is 11.9 Å². The van der Waals surface area contributed by atoms with Crippen LogP contribution in [0.1, 0.15) is 31.1 Å². The first-order valence-electron chi connectivity index (χ1n) is 10.1. The van der Waals surface area contributed by atoms with Gasteiger partial charge in [-0.25, -0.2) is 15.4 Å². The molecule has 8 heteroatoms. The molecule has 0 spiro atoms. The minimum atomic E-state index is -0.0492. The van der Waals surface area contributed by atoms with Crippen LogP contribution in [0.3, 0.4) is 0 Å². The van der Waals surface area contributed by atoms with Crippen LogP contribution in [0, 0.1) is 5.92 Å². The number of carbonyl (C=O) groups excluding carboxylic acids is 1. The number of amides is 1. The number of nitrogens with one attached hydrogen (secondary N) is 1. The van der Waals surface area contributed by atoms with Crippen molar-refractivity contribution in [2.24, 2.45) is 11.0 Å². The zero-order valence-electron chi connectivity index (χ0n) is 16.9. The van der Waals surface area contributed by atoms with Crippen molar-refractivity contribution in [2.75, 3.05) is 0 Å². The Kier molecular flexibility index (Phi) is 4.95. The average Bonchev–Trinajstić information content (AvgIpc) is 3.47. The van der Waals surface area contributed by atoms with Crippen LogP contribution in [0.25, 0.3) is 22.6 Å². The third kappa shape index (κ3) is 3.92. The van der Waals surface area contributed by atoms with E-state index < -0.39 is 0 Å². The van der Waals surface area contributed by atoms with Crippen LogP contribution in [0.4, 0.5) is 0 Å². The van der Waals surface area contributed by atoms with Crippen molar-refractivity contribution in [2.45, 2.75) is 26.4 Å². The van der Waals surface area contributed by atoms with Crippen molar-refractivity contribution in [1.29, 1.82) is 0 Å². The third-order valence-electron chi connectivity index (χ3n) is 5.26. The van der Waals surface area contributed by atoms with E-state index in [0.29, 0.717) is 36.0 Å². The Morgan fingerprint density at radius 3 is 2.77 bits per heavy atom. The van der Waals surface area contributed by atoms with Crippen molar-refractivity contribution >= 4 is 22.7 Å². The standard InChI is InChI=1S/C23H20N4O4/c1-2-14-10-21(28)26-27-22(14)16-5-8-19-20(9-16)31-23(25-19)15-3-6-17(7-4-15)29-12-18-11-24-13-30-18/h3-9,11,13-14H,2,10,12H2,1H3,(H,26,28). The molecule has 1 aliphatic heterocycles. The molecule has 0 saturated heterocycles. The molecule has 0 fully saturated rings. The molecular formula is C23H20N4O4. The zero-order valence-corrected chi connectivity index (χ0v) is 16.9. The Labute approximate surface area is 177 Å². The van der Waals surface area contributed by atoms with Crippen LogP contribution in [0.2, 0.25) is 0 Å². The van der Waals surface area contributed by atoms with E-state index in [1.807, 2.05) is 42.5 Å². The number of carbonyl (C=O) groups is 1. The monoisotopic (exact) mass is 416 g/mol. The molecule has 0 bridgehead atoms. The van der Waals surface area contributed by atoms with Gasteiger partial charge in [0.2, 0.25) is 11.8 Å². The van der Waals surface area contributed by atoms with E-state index in [1.165, 1.54) is 6.39 Å². The number of benzene rings is 2. The lowest BCUT2D eigenvalue weighted by atomic mass is 9.90. The first-order chi connectivity index (χ1) is 15.2. The summed E-state index contributed by atoms with van der Waals surface area (Å²) in [5.74, 6) is 1.94. The predicted octanol–water partition coefficient (Wildman–Crippen LogP) is 4.31. The summed E-state index contributed by atoms with van der Waals surface area (Å²) in [7, 11) is 0. The van der Waals surface area contributed by atoms with Gasteiger partial charge in [-0.15, -0.1) is 0 Å². The van der Waals surface area contributed by atoms with Crippen LogP contribution >= 0.6 is 0 Å². The second kappa shape index (κ2) is 8.06. The number of ether oxygens (including phenoxy) is 1. The number of nitrogens with zero attached hydrogens (tertiary/aromatic N) is 3. The Balaban J connectivity index is 1.37. The molecule has 1 atom stereocenters. The van der Waals surface area contributed by atoms with Crippen molar-refractivity contribution in [1.82, 2.24) is 15.4 Å². The molecular weight excluding hydrogens is 396 g/mol. The lowest BCUT2D eigenvalue weighted by molar-refractivity contribution is -0.122. The van der Waals surface area contributed by atoms with Crippen LogP contribution in [0.15, 0.2) is 69.0 Å². The molecule has 0 saturated carbocycles. The summed E-state index contributed by atoms with van der Waals surface area (Å²) in [5.41, 5.74) is 6.66. The molecule has 2 aromatic heterocycles. The van der Waals surface area contributed by atoms with E-state index in [4.69, 9.17) is 13.6 Å². The maximum atomic E-state index is 11.6. The summed E-state index contributed by atoms with van der Waals surface area (Å²) < 4.78 is 16.9. The summed E-state index contributed by atoms with van der Waals surface area (Å²) in [6.07, 6.45) is 4.28. The Bertz CT molecular complexity index is 1240. The minimum absolute atomic E-state index is 0.0492. The summed E-state index contributed by atoms with van der Waals surface area (Å²) in [5, 5.41) is 4.28. The molecule has 5 rings (SSSR count). The van der Waals surface area contributed by atoms with E-state index in [-0.39, 0.29) is 11.8 Å². The summed E-state index contributed by atoms with van der Waals surface area (Å²) >= 11 is 0. The Morgan fingerprint density at radius 1 is 1.16 bits per heavy atom. The number of hydrazone groups is 1. The van der Waals surface area contributed by atoms with Gasteiger partial charge in [-0.3, -0.25) is 4.79 Å². The van der Waals surface area contributed by atoms with Crippen LogP contribution in [-0.4, -0.2) is 21.6 Å². The fraction of sp³-hybridized carbons (Fsp3) is 0.217. The quantitative estimate of drug-likeness (QED) is 0.502. The molecule has 0 radical (unpaired) electrons. The van der Waals surface area contributed by atoms with Gasteiger partial charge in [0.15, 0.2) is 17.7 Å². The lowest BCUT2D eigenvalue weighted by Gasteiger charge is -2.21. The van der Waals surface area contributed by atoms with Crippen molar-refractivity contribution in [3.8, 4) is 17.2 Å². The van der Waals surface area contributed by atoms with E-state index in [9.17, 15) is 4.79 Å². The highest BCUT2D eigenvalue weighted by molar-refractivity contribution is 6.07. The first-order valence-corrected chi connectivity index (χ1v) is 10.1. The second-order valence-electron chi connectivity index (χ2n) is 7.32. The molecule has 8 nitrogen and oxygen atoms in total. The SMILES string of the molecule is CCC1CC(=O)NN=C1c1ccc2nc(-c3ccc(OCc4cnco4)cc3)oc2c1. The maximum absolute atomic E-state index is 11.6. The predicted molar refractivity (Wildman–Crippen MR) is 113 cm³/mol. The van der Waals surface area contributed by atoms with E-state index in [1.54, 1.807) is 6.20 Å². The normalized spacial score (nSPS) is 16.2. The van der Waals surface area contributed by atoms with Gasteiger partial charge in [-0.2, -0.15) is 5.10 Å². The fourth-order valence-corrected chi connectivity index (χ4v) is 3.59. The van der Waals surface area contributed by atoms with Gasteiger partial charge in [0, 0.05) is 23.5 Å². The Hall–Kier alpha value is -3.94. The van der Waals surface area contributed by atoms with Gasteiger partial charge in [-0.05, 0) is 42.8 Å². The van der Waals surface area contributed by atoms with Gasteiger partial charge in [0.25, 0.3) is 0 Å². The second-order valence-corrected chi connectivity index (χ2v) is 7.32. The van der Waals surface area contributed by atoms with E-state index in [0.717, 1.165) is 28.8 Å². The van der Waals surface area contributed by atoms with Crippen molar-refractivity contribution in [3.63, 3.8) is 0 Å². The van der Waals surface area contributed by atoms with E-state index in [2.05, 4.69) is 27.4 Å². The smallest absolute Gasteiger partial charge is 0.240 e. The van der Waals surface area contributed by atoms with Crippen LogP contribution < -0.4 is 10.2 Å². The minimum Gasteiger partial charge on any atom is -0.486 e. The number of oxazole rings is 2. The van der Waals surface area contributed by atoms with Crippen molar-refractivity contribution < 1.29 is 18.4 Å². The lowest BCUT2D eigenvalue weighted by Crippen LogP contribution is -2.33. The number of hydrogen-bond acceptors (Lipinski definition) is 7. The molecule has 1 unspecified atom stereocenters. The van der Waals surface area contributed by atoms with Gasteiger partial charge < -0.3 is 13.6 Å². The molecule has 4 aromatic rings. The van der Waals surface area contributed by atoms with Gasteiger partial charge in [0.1, 0.15) is 17.9 Å². The molecule has 1 amide bonds. The number of hydrogen-bond donors (Lipinski definition) is 1. The molecule has 3 heterocycles. The number of aromatic nitrogens is 2. The van der Waals surface area contributed by atoms with E-state index >= 15 is 0 Å². The summed E-state index contributed by atoms with van der Waals surface area (Å²) in [4.78, 5) is 20.1.